The highest BCUT2D eigenvalue weighted by atomic mass is 32.1. The molecule has 0 atom stereocenters. The summed E-state index contributed by atoms with van der Waals surface area (Å²) in [7, 11) is 0. The van der Waals surface area contributed by atoms with Gasteiger partial charge in [0.1, 0.15) is 4.83 Å². The van der Waals surface area contributed by atoms with Crippen LogP contribution in [-0.2, 0) is 26.2 Å². The Labute approximate surface area is 272 Å². The average molecular weight is 631 g/mol. The van der Waals surface area contributed by atoms with Gasteiger partial charge >= 0.3 is 0 Å². The molecule has 4 aliphatic rings. The number of thiophene rings is 1. The van der Waals surface area contributed by atoms with Gasteiger partial charge in [0.05, 0.1) is 11.1 Å². The topological polar surface area (TPSA) is 77.7 Å². The van der Waals surface area contributed by atoms with Gasteiger partial charge < -0.3 is 24.8 Å². The lowest BCUT2D eigenvalue weighted by Crippen LogP contribution is -2.47. The first-order chi connectivity index (χ1) is 21.7. The Bertz CT molecular complexity index is 1520. The number of aromatic nitrogens is 1. The highest BCUT2D eigenvalue weighted by Crippen LogP contribution is 2.44. The predicted octanol–water partition coefficient (Wildman–Crippen LogP) is 6.49. The molecule has 0 spiro atoms. The first-order valence-corrected chi connectivity index (χ1v) is 18.2. The molecular formula is C37H50N4O3S. The smallest absolute Gasteiger partial charge is 0.233 e. The SMILES string of the molecule is Cc1cc(C)cc(-c2[nH]c3sc(C(C)(C)C(=O)N4C5CCC4CC5)cc3c2CCN2CCC(NC(=O)C3CCOCC3)CC2)c1. The van der Waals surface area contributed by atoms with Crippen molar-refractivity contribution in [1.29, 1.82) is 0 Å². The van der Waals surface area contributed by atoms with E-state index in [1.165, 1.54) is 63.8 Å². The summed E-state index contributed by atoms with van der Waals surface area (Å²) in [5, 5.41) is 4.62. The second-order valence-corrected chi connectivity index (χ2v) is 15.8. The van der Waals surface area contributed by atoms with Crippen LogP contribution in [0.1, 0.15) is 86.8 Å². The predicted molar refractivity (Wildman–Crippen MR) is 182 cm³/mol. The van der Waals surface area contributed by atoms with Gasteiger partial charge in [-0.25, -0.2) is 0 Å². The Morgan fingerprint density at radius 1 is 0.933 bits per heavy atom. The second kappa shape index (κ2) is 12.5. The monoisotopic (exact) mass is 630 g/mol. The summed E-state index contributed by atoms with van der Waals surface area (Å²) in [5.74, 6) is 0.633. The number of carbonyl (C=O) groups excluding carboxylic acids is 2. The zero-order valence-corrected chi connectivity index (χ0v) is 28.4. The number of aromatic amines is 1. The van der Waals surface area contributed by atoms with Gasteiger partial charge in [0, 0.05) is 67.2 Å². The van der Waals surface area contributed by atoms with Crippen molar-refractivity contribution in [1.82, 2.24) is 20.1 Å². The summed E-state index contributed by atoms with van der Waals surface area (Å²) in [5.41, 5.74) is 5.82. The second-order valence-electron chi connectivity index (χ2n) is 14.8. The third kappa shape index (κ3) is 6.10. The van der Waals surface area contributed by atoms with Crippen molar-refractivity contribution in [3.8, 4) is 11.3 Å². The van der Waals surface area contributed by atoms with E-state index < -0.39 is 5.41 Å². The van der Waals surface area contributed by atoms with E-state index in [2.05, 4.69) is 72.1 Å². The van der Waals surface area contributed by atoms with Gasteiger partial charge in [-0.15, -0.1) is 11.3 Å². The van der Waals surface area contributed by atoms with Crippen LogP contribution in [0.25, 0.3) is 21.5 Å². The molecule has 7 nitrogen and oxygen atoms in total. The number of nitrogens with one attached hydrogen (secondary N) is 2. The van der Waals surface area contributed by atoms with E-state index in [-0.39, 0.29) is 17.9 Å². The van der Waals surface area contributed by atoms with Crippen LogP contribution in [-0.4, -0.2) is 77.6 Å². The molecule has 6 heterocycles. The van der Waals surface area contributed by atoms with Gasteiger partial charge in [0.2, 0.25) is 11.8 Å². The number of H-pyrrole nitrogens is 1. The molecule has 2 amide bonds. The van der Waals surface area contributed by atoms with Gasteiger partial charge in [-0.05, 0) is 115 Å². The number of nitrogens with zero attached hydrogens (tertiary/aromatic N) is 2. The molecule has 0 unspecified atom stereocenters. The fourth-order valence-electron chi connectivity index (χ4n) is 8.49. The summed E-state index contributed by atoms with van der Waals surface area (Å²) in [6.45, 7) is 13.0. The van der Waals surface area contributed by atoms with Gasteiger partial charge in [-0.3, -0.25) is 9.59 Å². The summed E-state index contributed by atoms with van der Waals surface area (Å²) < 4.78 is 5.44. The molecule has 2 aromatic heterocycles. The number of likely N-dealkylation sites (tertiary alicyclic amines) is 1. The third-order valence-corrected chi connectivity index (χ3v) is 12.5. The van der Waals surface area contributed by atoms with Gasteiger partial charge in [0.15, 0.2) is 0 Å². The summed E-state index contributed by atoms with van der Waals surface area (Å²) >= 11 is 1.77. The number of amides is 2. The Kier molecular flexibility index (Phi) is 8.59. The first-order valence-electron chi connectivity index (χ1n) is 17.3. The van der Waals surface area contributed by atoms with Crippen LogP contribution in [0, 0.1) is 19.8 Å². The third-order valence-electron chi connectivity index (χ3n) is 11.2. The molecule has 4 aliphatic heterocycles. The number of piperidine rings is 1. The largest absolute Gasteiger partial charge is 0.381 e. The number of aryl methyl sites for hydroxylation is 2. The lowest BCUT2D eigenvalue weighted by molar-refractivity contribution is -0.137. The minimum Gasteiger partial charge on any atom is -0.381 e. The fourth-order valence-corrected chi connectivity index (χ4v) is 9.67. The van der Waals surface area contributed by atoms with E-state index in [1.807, 2.05) is 0 Å². The standard InChI is InChI=1S/C37H50N4O3S/c1-23-19-24(2)21-26(20-23)33-30(11-16-40-14-9-27(10-15-40)38-34(42)25-12-17-44-18-13-25)31-22-32(45-35(31)39-33)37(3,4)36(43)41-28-5-6-29(41)8-7-28/h19-22,25,27-29,39H,5-18H2,1-4H3,(H,38,42). The average Bonchev–Trinajstić information content (AvgIpc) is 3.81. The number of rotatable bonds is 8. The molecule has 0 aliphatic carbocycles. The molecule has 0 saturated carbocycles. The van der Waals surface area contributed by atoms with E-state index in [0.717, 1.165) is 56.6 Å². The normalized spacial score (nSPS) is 23.3. The van der Waals surface area contributed by atoms with Crippen molar-refractivity contribution in [2.75, 3.05) is 32.8 Å². The zero-order chi connectivity index (χ0) is 31.3. The minimum atomic E-state index is -0.538. The Morgan fingerprint density at radius 2 is 1.58 bits per heavy atom. The number of hydrogen-bond acceptors (Lipinski definition) is 5. The maximum absolute atomic E-state index is 14.0. The van der Waals surface area contributed by atoms with Crippen LogP contribution in [0.5, 0.6) is 0 Å². The molecule has 242 valence electrons. The molecule has 7 rings (SSSR count). The van der Waals surface area contributed by atoms with Crippen molar-refractivity contribution in [2.45, 2.75) is 109 Å². The van der Waals surface area contributed by atoms with E-state index in [1.54, 1.807) is 11.3 Å². The lowest BCUT2D eigenvalue weighted by atomic mass is 9.88. The van der Waals surface area contributed by atoms with Gasteiger partial charge in [-0.2, -0.15) is 0 Å². The maximum atomic E-state index is 14.0. The number of hydrogen-bond donors (Lipinski definition) is 2. The Morgan fingerprint density at radius 3 is 2.22 bits per heavy atom. The Hall–Kier alpha value is -2.68. The number of carbonyl (C=O) groups is 2. The Balaban J connectivity index is 1.09. The minimum absolute atomic E-state index is 0.109. The lowest BCUT2D eigenvalue weighted by Gasteiger charge is -2.33. The maximum Gasteiger partial charge on any atom is 0.233 e. The molecule has 2 bridgehead atoms. The quantitative estimate of drug-likeness (QED) is 0.298. The summed E-state index contributed by atoms with van der Waals surface area (Å²) in [6.07, 6.45) is 9.30. The van der Waals surface area contributed by atoms with Crippen LogP contribution >= 0.6 is 11.3 Å². The molecular weight excluding hydrogens is 580 g/mol. The van der Waals surface area contributed by atoms with Crippen molar-refractivity contribution in [2.24, 2.45) is 5.92 Å². The van der Waals surface area contributed by atoms with Crippen LogP contribution in [0.4, 0.5) is 0 Å². The van der Waals surface area contributed by atoms with Crippen molar-refractivity contribution < 1.29 is 14.3 Å². The number of fused-ring (bicyclic) bond motifs is 3. The summed E-state index contributed by atoms with van der Waals surface area (Å²) in [4.78, 5) is 37.7. The van der Waals surface area contributed by atoms with E-state index >= 15 is 0 Å². The molecule has 3 aromatic rings. The highest BCUT2D eigenvalue weighted by Gasteiger charge is 2.47. The number of benzene rings is 1. The first kappa shape index (κ1) is 30.9. The molecule has 4 fully saturated rings. The fraction of sp³-hybridized carbons (Fsp3) is 0.622. The van der Waals surface area contributed by atoms with Crippen molar-refractivity contribution in [3.05, 3.63) is 45.8 Å². The summed E-state index contributed by atoms with van der Waals surface area (Å²) in [6, 6.07) is 10.3. The molecule has 1 aromatic carbocycles. The van der Waals surface area contributed by atoms with Crippen LogP contribution in [0.15, 0.2) is 24.3 Å². The van der Waals surface area contributed by atoms with Crippen molar-refractivity contribution in [3.63, 3.8) is 0 Å². The van der Waals surface area contributed by atoms with Crippen LogP contribution in [0.2, 0.25) is 0 Å². The van der Waals surface area contributed by atoms with Gasteiger partial charge in [-0.1, -0.05) is 17.2 Å². The van der Waals surface area contributed by atoms with E-state index in [9.17, 15) is 9.59 Å². The zero-order valence-electron chi connectivity index (χ0n) is 27.5. The molecule has 4 saturated heterocycles. The van der Waals surface area contributed by atoms with Gasteiger partial charge in [0.25, 0.3) is 0 Å². The molecule has 8 heteroatoms. The molecule has 0 radical (unpaired) electrons. The highest BCUT2D eigenvalue weighted by molar-refractivity contribution is 7.19. The van der Waals surface area contributed by atoms with E-state index in [4.69, 9.17) is 4.74 Å². The number of ether oxygens (including phenoxy) is 1. The molecule has 2 N–H and O–H groups in total. The van der Waals surface area contributed by atoms with E-state index in [0.29, 0.717) is 31.2 Å². The van der Waals surface area contributed by atoms with Crippen molar-refractivity contribution >= 4 is 33.4 Å². The molecule has 45 heavy (non-hydrogen) atoms. The van der Waals surface area contributed by atoms with Crippen LogP contribution < -0.4 is 5.32 Å². The van der Waals surface area contributed by atoms with Crippen LogP contribution in [0.3, 0.4) is 0 Å².